The molecule has 1 aliphatic rings. The number of nitrogens with one attached hydrogen (secondary N) is 1. The number of nitrogens with zero attached hydrogens (tertiary/aromatic N) is 2. The maximum Gasteiger partial charge on any atom is 0.265 e. The van der Waals surface area contributed by atoms with Crippen molar-refractivity contribution in [1.82, 2.24) is 10.3 Å². The highest BCUT2D eigenvalue weighted by atomic mass is 32.2. The van der Waals surface area contributed by atoms with Gasteiger partial charge in [0.25, 0.3) is 5.91 Å². The van der Waals surface area contributed by atoms with Crippen LogP contribution in [0.2, 0.25) is 0 Å². The first-order valence-electron chi connectivity index (χ1n) is 7.40. The van der Waals surface area contributed by atoms with E-state index in [1.807, 2.05) is 0 Å². The second-order valence-corrected chi connectivity index (χ2v) is 7.42. The molecule has 1 amide bonds. The van der Waals surface area contributed by atoms with E-state index in [4.69, 9.17) is 5.73 Å². The summed E-state index contributed by atoms with van der Waals surface area (Å²) in [4.78, 5) is 19.4. The molecule has 3 N–H and O–H groups in total. The van der Waals surface area contributed by atoms with Crippen LogP contribution in [-0.4, -0.2) is 42.5 Å². The molecule has 0 saturated carbocycles. The van der Waals surface area contributed by atoms with E-state index in [0.717, 1.165) is 24.0 Å². The Morgan fingerprint density at radius 2 is 2.19 bits per heavy atom. The zero-order valence-corrected chi connectivity index (χ0v) is 14.4. The van der Waals surface area contributed by atoms with E-state index in [1.165, 1.54) is 30.6 Å². The second kappa shape index (κ2) is 7.89. The van der Waals surface area contributed by atoms with E-state index >= 15 is 0 Å². The fourth-order valence-electron chi connectivity index (χ4n) is 2.39. The summed E-state index contributed by atoms with van der Waals surface area (Å²) in [7, 11) is 0. The van der Waals surface area contributed by atoms with Gasteiger partial charge in [-0.3, -0.25) is 4.79 Å². The highest BCUT2D eigenvalue weighted by Gasteiger charge is 2.21. The van der Waals surface area contributed by atoms with E-state index in [-0.39, 0.29) is 5.91 Å². The maximum absolute atomic E-state index is 12.2. The highest BCUT2D eigenvalue weighted by Crippen LogP contribution is 2.29. The molecule has 5 nitrogen and oxygen atoms in total. The molecule has 0 aliphatic carbocycles. The van der Waals surface area contributed by atoms with Gasteiger partial charge in [0.2, 0.25) is 0 Å². The maximum atomic E-state index is 12.2. The molecule has 7 heteroatoms. The molecule has 1 unspecified atom stereocenters. The number of amides is 1. The number of carbonyl (C=O) groups is 1. The molecular weight excluding hydrogens is 304 g/mol. The minimum Gasteiger partial charge on any atom is -0.382 e. The van der Waals surface area contributed by atoms with E-state index in [9.17, 15) is 4.79 Å². The van der Waals surface area contributed by atoms with Gasteiger partial charge in [0.15, 0.2) is 5.13 Å². The molecule has 0 spiro atoms. The normalized spacial score (nSPS) is 16.8. The minimum atomic E-state index is -0.0961. The molecular formula is C14H24N4OS2. The average molecular weight is 329 g/mol. The molecule has 1 fully saturated rings. The molecule has 1 saturated heterocycles. The van der Waals surface area contributed by atoms with Crippen molar-refractivity contribution in [1.29, 1.82) is 0 Å². The van der Waals surface area contributed by atoms with E-state index in [2.05, 4.69) is 28.4 Å². The first-order chi connectivity index (χ1) is 10.1. The monoisotopic (exact) mass is 328 g/mol. The zero-order chi connectivity index (χ0) is 15.2. The van der Waals surface area contributed by atoms with Gasteiger partial charge in [0, 0.05) is 19.6 Å². The number of nitrogens with two attached hydrogens (primary N) is 1. The van der Waals surface area contributed by atoms with Crippen molar-refractivity contribution in [3.05, 3.63) is 4.88 Å². The fraction of sp³-hybridized carbons (Fsp3) is 0.714. The van der Waals surface area contributed by atoms with Gasteiger partial charge in [0.05, 0.1) is 0 Å². The highest BCUT2D eigenvalue weighted by molar-refractivity contribution is 7.98. The molecule has 1 aromatic rings. The van der Waals surface area contributed by atoms with E-state index < -0.39 is 0 Å². The Balaban J connectivity index is 1.96. The Kier molecular flexibility index (Phi) is 6.17. The SMILES string of the molecule is CSCC(C)CNC(=O)c1sc(N2CCCCC2)nc1N. The van der Waals surface area contributed by atoms with Crippen LogP contribution in [0.25, 0.3) is 0 Å². The average Bonchev–Trinajstić information content (AvgIpc) is 2.88. The van der Waals surface area contributed by atoms with Gasteiger partial charge >= 0.3 is 0 Å². The number of hydrogen-bond donors (Lipinski definition) is 2. The van der Waals surface area contributed by atoms with Crippen molar-refractivity contribution < 1.29 is 4.79 Å². The van der Waals surface area contributed by atoms with Gasteiger partial charge in [0.1, 0.15) is 10.7 Å². The molecule has 1 atom stereocenters. The molecule has 1 aliphatic heterocycles. The van der Waals surface area contributed by atoms with Gasteiger partial charge in [-0.2, -0.15) is 11.8 Å². The Labute approximate surface area is 134 Å². The quantitative estimate of drug-likeness (QED) is 0.839. The van der Waals surface area contributed by atoms with Crippen LogP contribution in [0.15, 0.2) is 0 Å². The number of hydrogen-bond acceptors (Lipinski definition) is 6. The van der Waals surface area contributed by atoms with Crippen LogP contribution in [-0.2, 0) is 0 Å². The van der Waals surface area contributed by atoms with Crippen molar-refractivity contribution in [2.24, 2.45) is 5.92 Å². The van der Waals surface area contributed by atoms with Crippen molar-refractivity contribution in [2.45, 2.75) is 26.2 Å². The van der Waals surface area contributed by atoms with Crippen molar-refractivity contribution in [3.63, 3.8) is 0 Å². The second-order valence-electron chi connectivity index (χ2n) is 5.53. The fourth-order valence-corrected chi connectivity index (χ4v) is 4.03. The van der Waals surface area contributed by atoms with Crippen molar-refractivity contribution >= 4 is 40.0 Å². The molecule has 21 heavy (non-hydrogen) atoms. The van der Waals surface area contributed by atoms with Crippen LogP contribution in [0.3, 0.4) is 0 Å². The summed E-state index contributed by atoms with van der Waals surface area (Å²) in [6.45, 7) is 4.83. The number of piperidine rings is 1. The Bertz CT molecular complexity index is 472. The van der Waals surface area contributed by atoms with Crippen LogP contribution >= 0.6 is 23.1 Å². The number of aromatic nitrogens is 1. The number of rotatable bonds is 6. The molecule has 1 aromatic heterocycles. The first kappa shape index (κ1) is 16.4. The number of thiazole rings is 1. The lowest BCUT2D eigenvalue weighted by molar-refractivity contribution is 0.0954. The summed E-state index contributed by atoms with van der Waals surface area (Å²) < 4.78 is 0. The summed E-state index contributed by atoms with van der Waals surface area (Å²) >= 11 is 3.20. The van der Waals surface area contributed by atoms with E-state index in [0.29, 0.717) is 23.2 Å². The summed E-state index contributed by atoms with van der Waals surface area (Å²) in [5.41, 5.74) is 5.92. The largest absolute Gasteiger partial charge is 0.382 e. The van der Waals surface area contributed by atoms with Gasteiger partial charge in [-0.1, -0.05) is 18.3 Å². The number of thioether (sulfide) groups is 1. The van der Waals surface area contributed by atoms with Crippen LogP contribution in [0.5, 0.6) is 0 Å². The lowest BCUT2D eigenvalue weighted by atomic mass is 10.1. The van der Waals surface area contributed by atoms with Gasteiger partial charge < -0.3 is 16.0 Å². The molecule has 0 bridgehead atoms. The van der Waals surface area contributed by atoms with Crippen molar-refractivity contribution in [2.75, 3.05) is 42.3 Å². The standard InChI is InChI=1S/C14H24N4OS2/c1-10(9-20-2)8-16-13(19)11-12(15)17-14(21-11)18-6-4-3-5-7-18/h10H,3-9,15H2,1-2H3,(H,16,19). The van der Waals surface area contributed by atoms with Crippen molar-refractivity contribution in [3.8, 4) is 0 Å². The summed E-state index contributed by atoms with van der Waals surface area (Å²) in [6.07, 6.45) is 5.73. The Hall–Kier alpha value is -0.950. The summed E-state index contributed by atoms with van der Waals surface area (Å²) in [6, 6.07) is 0. The zero-order valence-electron chi connectivity index (χ0n) is 12.7. The van der Waals surface area contributed by atoms with Crippen LogP contribution in [0, 0.1) is 5.92 Å². The number of carbonyl (C=O) groups excluding carboxylic acids is 1. The summed E-state index contributed by atoms with van der Waals surface area (Å²) in [5, 5.41) is 3.84. The molecule has 118 valence electrons. The molecule has 2 rings (SSSR count). The third-order valence-electron chi connectivity index (χ3n) is 3.54. The predicted octanol–water partition coefficient (Wildman–Crippen LogP) is 2.44. The van der Waals surface area contributed by atoms with Gasteiger partial charge in [-0.15, -0.1) is 0 Å². The Morgan fingerprint density at radius 1 is 1.48 bits per heavy atom. The smallest absolute Gasteiger partial charge is 0.265 e. The molecule has 0 aromatic carbocycles. The van der Waals surface area contributed by atoms with Crippen LogP contribution in [0.4, 0.5) is 10.9 Å². The Morgan fingerprint density at radius 3 is 2.86 bits per heavy atom. The lowest BCUT2D eigenvalue weighted by Crippen LogP contribution is -2.29. The summed E-state index contributed by atoms with van der Waals surface area (Å²) in [5.74, 6) is 1.76. The number of nitrogen functional groups attached to an aromatic ring is 1. The topological polar surface area (TPSA) is 71.2 Å². The van der Waals surface area contributed by atoms with Gasteiger partial charge in [-0.05, 0) is 37.2 Å². The predicted molar refractivity (Wildman–Crippen MR) is 92.5 cm³/mol. The first-order valence-corrected chi connectivity index (χ1v) is 9.61. The minimum absolute atomic E-state index is 0.0961. The number of anilines is 2. The third kappa shape index (κ3) is 4.51. The van der Waals surface area contributed by atoms with Crippen LogP contribution in [0.1, 0.15) is 35.9 Å². The molecule has 0 radical (unpaired) electrons. The lowest BCUT2D eigenvalue weighted by Gasteiger charge is -2.25. The third-order valence-corrected chi connectivity index (χ3v) is 5.57. The molecule has 2 heterocycles. The van der Waals surface area contributed by atoms with Gasteiger partial charge in [-0.25, -0.2) is 4.98 Å². The van der Waals surface area contributed by atoms with Crippen LogP contribution < -0.4 is 16.0 Å². The van der Waals surface area contributed by atoms with E-state index in [1.54, 1.807) is 11.8 Å².